The predicted molar refractivity (Wildman–Crippen MR) is 140 cm³/mol. The Bertz CT molecular complexity index is 1580. The van der Waals surface area contributed by atoms with Gasteiger partial charge in [-0.15, -0.1) is 0 Å². The molecule has 2 aliphatic rings. The van der Waals surface area contributed by atoms with Crippen molar-refractivity contribution in [1.82, 2.24) is 20.1 Å². The fourth-order valence-corrected chi connectivity index (χ4v) is 5.61. The number of fused-ring (bicyclic) bond motifs is 1. The highest BCUT2D eigenvalue weighted by atomic mass is 32.2. The number of aromatic nitrogens is 1. The van der Waals surface area contributed by atoms with Gasteiger partial charge in [-0.3, -0.25) is 24.3 Å². The van der Waals surface area contributed by atoms with E-state index in [1.807, 2.05) is 0 Å². The zero-order chi connectivity index (χ0) is 26.9. The molecule has 5 rings (SSSR count). The van der Waals surface area contributed by atoms with Crippen LogP contribution in [0.25, 0.3) is 10.9 Å². The molecule has 0 spiro atoms. The van der Waals surface area contributed by atoms with Crippen molar-refractivity contribution >= 4 is 38.6 Å². The summed E-state index contributed by atoms with van der Waals surface area (Å²) in [6, 6.07) is 12.4. The summed E-state index contributed by atoms with van der Waals surface area (Å²) in [6.45, 7) is 1.14. The van der Waals surface area contributed by atoms with Gasteiger partial charge in [0.05, 0.1) is 29.9 Å². The van der Waals surface area contributed by atoms with E-state index in [-0.39, 0.29) is 40.3 Å². The summed E-state index contributed by atoms with van der Waals surface area (Å²) < 4.78 is 34.4. The fourth-order valence-electron chi connectivity index (χ4n) is 4.38. The van der Waals surface area contributed by atoms with Crippen LogP contribution in [0.5, 0.6) is 5.75 Å². The molecule has 196 valence electrons. The molecule has 38 heavy (non-hydrogen) atoms. The minimum Gasteiger partial charge on any atom is -0.496 e. The van der Waals surface area contributed by atoms with Crippen molar-refractivity contribution in [2.24, 2.45) is 0 Å². The van der Waals surface area contributed by atoms with Gasteiger partial charge < -0.3 is 15.2 Å². The third-order valence-corrected chi connectivity index (χ3v) is 7.75. The molecule has 0 unspecified atom stereocenters. The van der Waals surface area contributed by atoms with Crippen LogP contribution in [-0.2, 0) is 10.0 Å². The first-order valence-corrected chi connectivity index (χ1v) is 13.2. The SMILES string of the molecule is COc1cc(NS(=O)(=O)c2cccc3cccnc23)ccc1C(=O)N1CC=CC=C1N(C(=O)O)C1CNC1. The summed E-state index contributed by atoms with van der Waals surface area (Å²) in [5.74, 6) is -0.109. The number of nitrogens with one attached hydrogen (secondary N) is 2. The minimum atomic E-state index is -4.01. The Morgan fingerprint density at radius 3 is 2.68 bits per heavy atom. The van der Waals surface area contributed by atoms with E-state index in [2.05, 4.69) is 15.0 Å². The number of ether oxygens (including phenoxy) is 1. The molecular formula is C26H25N5O6S. The number of rotatable bonds is 7. The second-order valence-electron chi connectivity index (χ2n) is 8.69. The highest BCUT2D eigenvalue weighted by Gasteiger charge is 2.36. The summed E-state index contributed by atoms with van der Waals surface area (Å²) in [5, 5.41) is 13.6. The lowest BCUT2D eigenvalue weighted by Gasteiger charge is -2.41. The summed E-state index contributed by atoms with van der Waals surface area (Å²) in [6.07, 6.45) is 5.40. The van der Waals surface area contributed by atoms with Crippen molar-refractivity contribution in [3.05, 3.63) is 84.3 Å². The van der Waals surface area contributed by atoms with Crippen molar-refractivity contribution in [1.29, 1.82) is 0 Å². The van der Waals surface area contributed by atoms with Crippen molar-refractivity contribution in [3.8, 4) is 5.75 Å². The summed E-state index contributed by atoms with van der Waals surface area (Å²) in [4.78, 5) is 32.4. The zero-order valence-electron chi connectivity index (χ0n) is 20.4. The van der Waals surface area contributed by atoms with Gasteiger partial charge in [0.25, 0.3) is 15.9 Å². The van der Waals surface area contributed by atoms with E-state index < -0.39 is 22.0 Å². The zero-order valence-corrected chi connectivity index (χ0v) is 21.2. The maximum absolute atomic E-state index is 13.6. The van der Waals surface area contributed by atoms with Crippen molar-refractivity contribution in [2.75, 3.05) is 31.5 Å². The number of hydrogen-bond donors (Lipinski definition) is 3. The molecule has 0 saturated carbocycles. The van der Waals surface area contributed by atoms with Gasteiger partial charge in [0.1, 0.15) is 16.5 Å². The second-order valence-corrected chi connectivity index (χ2v) is 10.3. The molecule has 0 bridgehead atoms. The third kappa shape index (κ3) is 4.66. The molecule has 1 fully saturated rings. The molecule has 1 aromatic heterocycles. The van der Waals surface area contributed by atoms with Crippen molar-refractivity contribution < 1.29 is 27.9 Å². The Kier molecular flexibility index (Phi) is 6.74. The number of anilines is 1. The largest absolute Gasteiger partial charge is 0.496 e. The molecule has 3 aromatic rings. The number of allylic oxidation sites excluding steroid dienone is 2. The molecule has 0 radical (unpaired) electrons. The molecule has 1 saturated heterocycles. The molecule has 12 heteroatoms. The first-order valence-electron chi connectivity index (χ1n) is 11.8. The first kappa shape index (κ1) is 25.2. The molecule has 0 aliphatic carbocycles. The van der Waals surface area contributed by atoms with Crippen molar-refractivity contribution in [3.63, 3.8) is 0 Å². The average Bonchev–Trinajstić information content (AvgIpc) is 2.89. The van der Waals surface area contributed by atoms with Crippen LogP contribution in [-0.4, -0.2) is 73.1 Å². The molecule has 3 N–H and O–H groups in total. The Morgan fingerprint density at radius 1 is 1.18 bits per heavy atom. The number of amides is 2. The number of nitrogens with zero attached hydrogens (tertiary/aromatic N) is 3. The highest BCUT2D eigenvalue weighted by Crippen LogP contribution is 2.30. The van der Waals surface area contributed by atoms with E-state index in [1.54, 1.807) is 42.5 Å². The number of pyridine rings is 1. The molecule has 2 aromatic carbocycles. The van der Waals surface area contributed by atoms with Crippen LogP contribution >= 0.6 is 0 Å². The van der Waals surface area contributed by atoms with Gasteiger partial charge in [0, 0.05) is 37.3 Å². The standard InChI is InChI=1S/C26H25N5O6S/c1-37-21-14-18(29-38(35,36)22-8-4-6-17-7-5-12-28-24(17)22)10-11-20(21)25(32)30-13-3-2-9-23(30)31(26(33)34)19-15-27-16-19/h2-12,14,19,27,29H,13,15-16H2,1H3,(H,33,34). The van der Waals surface area contributed by atoms with E-state index in [0.29, 0.717) is 24.0 Å². The quantitative estimate of drug-likeness (QED) is 0.419. The van der Waals surface area contributed by atoms with E-state index >= 15 is 0 Å². The van der Waals surface area contributed by atoms with Crippen LogP contribution in [0.3, 0.4) is 0 Å². The number of sulfonamides is 1. The Hall–Kier alpha value is -4.42. The van der Waals surface area contributed by atoms with Crippen molar-refractivity contribution in [2.45, 2.75) is 10.9 Å². The lowest BCUT2D eigenvalue weighted by Crippen LogP contribution is -2.60. The number of carbonyl (C=O) groups is 2. The number of carbonyl (C=O) groups excluding carboxylic acids is 1. The highest BCUT2D eigenvalue weighted by molar-refractivity contribution is 7.93. The van der Waals surface area contributed by atoms with Gasteiger partial charge in [0.15, 0.2) is 0 Å². The van der Waals surface area contributed by atoms with Gasteiger partial charge in [-0.25, -0.2) is 13.2 Å². The third-order valence-electron chi connectivity index (χ3n) is 6.34. The molecular weight excluding hydrogens is 510 g/mol. The summed E-state index contributed by atoms with van der Waals surface area (Å²) in [5.41, 5.74) is 0.678. The number of benzene rings is 2. The molecule has 2 aliphatic heterocycles. The summed E-state index contributed by atoms with van der Waals surface area (Å²) in [7, 11) is -2.64. The van der Waals surface area contributed by atoms with Crippen LogP contribution in [0.15, 0.2) is 83.7 Å². The minimum absolute atomic E-state index is 0.0175. The van der Waals surface area contributed by atoms with E-state index in [1.165, 1.54) is 47.4 Å². The summed E-state index contributed by atoms with van der Waals surface area (Å²) >= 11 is 0. The monoisotopic (exact) mass is 535 g/mol. The topological polar surface area (TPSA) is 141 Å². The lowest BCUT2D eigenvalue weighted by atomic mass is 10.1. The van der Waals surface area contributed by atoms with Crippen LogP contribution < -0.4 is 14.8 Å². The van der Waals surface area contributed by atoms with Gasteiger partial charge in [-0.2, -0.15) is 0 Å². The van der Waals surface area contributed by atoms with E-state index in [9.17, 15) is 23.1 Å². The fraction of sp³-hybridized carbons (Fsp3) is 0.192. The number of carboxylic acid groups (broad SMARTS) is 1. The maximum atomic E-state index is 13.6. The number of para-hydroxylation sites is 1. The molecule has 3 heterocycles. The number of methoxy groups -OCH3 is 1. The predicted octanol–water partition coefficient (Wildman–Crippen LogP) is 2.85. The van der Waals surface area contributed by atoms with Gasteiger partial charge in [-0.05, 0) is 30.3 Å². The Labute approximate surface area is 219 Å². The first-order chi connectivity index (χ1) is 18.3. The second kappa shape index (κ2) is 10.1. The van der Waals surface area contributed by atoms with Crippen LogP contribution in [0.1, 0.15) is 10.4 Å². The smallest absolute Gasteiger partial charge is 0.413 e. The normalized spacial score (nSPS) is 15.5. The van der Waals surface area contributed by atoms with E-state index in [4.69, 9.17) is 4.74 Å². The van der Waals surface area contributed by atoms with E-state index in [0.717, 1.165) is 0 Å². The molecule has 11 nitrogen and oxygen atoms in total. The molecule has 0 atom stereocenters. The average molecular weight is 536 g/mol. The number of hydrogen-bond acceptors (Lipinski definition) is 7. The van der Waals surface area contributed by atoms with Gasteiger partial charge in [0.2, 0.25) is 0 Å². The van der Waals surface area contributed by atoms with Gasteiger partial charge in [-0.1, -0.05) is 30.4 Å². The van der Waals surface area contributed by atoms with Crippen LogP contribution in [0.2, 0.25) is 0 Å². The van der Waals surface area contributed by atoms with Gasteiger partial charge >= 0.3 is 6.09 Å². The van der Waals surface area contributed by atoms with Crippen LogP contribution in [0, 0.1) is 0 Å². The lowest BCUT2D eigenvalue weighted by molar-refractivity contribution is 0.0694. The Balaban J connectivity index is 1.43. The van der Waals surface area contributed by atoms with Crippen LogP contribution in [0.4, 0.5) is 10.5 Å². The maximum Gasteiger partial charge on any atom is 0.413 e. The Morgan fingerprint density at radius 2 is 1.97 bits per heavy atom. The molecule has 2 amide bonds.